The molecule has 120 valence electrons. The normalized spacial score (nSPS) is 19.1. The van der Waals surface area contributed by atoms with Gasteiger partial charge in [0.25, 0.3) is 0 Å². The van der Waals surface area contributed by atoms with Crippen LogP contribution in [-0.4, -0.2) is 19.9 Å². The monoisotopic (exact) mass is 303 g/mol. The van der Waals surface area contributed by atoms with Crippen molar-refractivity contribution in [3.8, 4) is 0 Å². The third-order valence-electron chi connectivity index (χ3n) is 4.34. The van der Waals surface area contributed by atoms with Crippen molar-refractivity contribution >= 4 is 0 Å². The van der Waals surface area contributed by atoms with Gasteiger partial charge in [-0.3, -0.25) is 10.00 Å². The van der Waals surface area contributed by atoms with Crippen molar-refractivity contribution in [3.63, 3.8) is 0 Å². The van der Waals surface area contributed by atoms with E-state index in [4.69, 9.17) is 4.52 Å². The van der Waals surface area contributed by atoms with Gasteiger partial charge in [0.15, 0.2) is 5.82 Å². The Balaban J connectivity index is 1.72. The van der Waals surface area contributed by atoms with Gasteiger partial charge in [-0.05, 0) is 39.5 Å². The molecule has 0 saturated heterocycles. The molecule has 0 bridgehead atoms. The molecule has 0 aromatic carbocycles. The Morgan fingerprint density at radius 1 is 1.45 bits per heavy atom. The SMILES string of the molecule is CCCc1noc([C@H](C)N[C@H]2CCCc3c2cnn3CC)n1. The molecule has 0 radical (unpaired) electrons. The third-order valence-corrected chi connectivity index (χ3v) is 4.34. The van der Waals surface area contributed by atoms with Gasteiger partial charge in [-0.1, -0.05) is 12.1 Å². The number of fused-ring (bicyclic) bond motifs is 1. The number of aromatic nitrogens is 4. The number of hydrogen-bond acceptors (Lipinski definition) is 5. The number of nitrogens with zero attached hydrogens (tertiary/aromatic N) is 4. The average Bonchev–Trinajstić information content (AvgIpc) is 3.14. The van der Waals surface area contributed by atoms with Crippen LogP contribution in [-0.2, 0) is 19.4 Å². The van der Waals surface area contributed by atoms with Crippen LogP contribution in [0.4, 0.5) is 0 Å². The Labute approximate surface area is 131 Å². The molecule has 0 aliphatic heterocycles. The molecule has 1 aliphatic rings. The van der Waals surface area contributed by atoms with E-state index in [1.165, 1.54) is 17.7 Å². The molecule has 2 aromatic rings. The van der Waals surface area contributed by atoms with E-state index in [2.05, 4.69) is 46.0 Å². The molecule has 2 aromatic heterocycles. The molecule has 22 heavy (non-hydrogen) atoms. The number of hydrogen-bond donors (Lipinski definition) is 1. The minimum absolute atomic E-state index is 0.0547. The molecule has 0 fully saturated rings. The molecule has 0 unspecified atom stereocenters. The van der Waals surface area contributed by atoms with Crippen LogP contribution in [0.2, 0.25) is 0 Å². The van der Waals surface area contributed by atoms with Crippen molar-refractivity contribution in [1.82, 2.24) is 25.2 Å². The molecule has 0 amide bonds. The van der Waals surface area contributed by atoms with E-state index in [1.54, 1.807) is 0 Å². The Hall–Kier alpha value is -1.69. The summed E-state index contributed by atoms with van der Waals surface area (Å²) in [6.07, 6.45) is 7.35. The Morgan fingerprint density at radius 2 is 2.32 bits per heavy atom. The van der Waals surface area contributed by atoms with E-state index in [0.29, 0.717) is 11.9 Å². The summed E-state index contributed by atoms with van der Waals surface area (Å²) in [5, 5.41) is 12.2. The lowest BCUT2D eigenvalue weighted by molar-refractivity contribution is 0.311. The molecule has 1 aliphatic carbocycles. The summed E-state index contributed by atoms with van der Waals surface area (Å²) >= 11 is 0. The fraction of sp³-hybridized carbons (Fsp3) is 0.688. The van der Waals surface area contributed by atoms with E-state index in [1.807, 2.05) is 6.20 Å². The first kappa shape index (κ1) is 15.2. The smallest absolute Gasteiger partial charge is 0.243 e. The summed E-state index contributed by atoms with van der Waals surface area (Å²) in [5.74, 6) is 1.48. The minimum atomic E-state index is 0.0547. The quantitative estimate of drug-likeness (QED) is 0.888. The summed E-state index contributed by atoms with van der Waals surface area (Å²) in [5.41, 5.74) is 2.70. The Bertz CT molecular complexity index is 618. The van der Waals surface area contributed by atoms with Gasteiger partial charge in [-0.15, -0.1) is 0 Å². The van der Waals surface area contributed by atoms with Gasteiger partial charge in [-0.2, -0.15) is 10.1 Å². The van der Waals surface area contributed by atoms with E-state index in [0.717, 1.165) is 38.1 Å². The lowest BCUT2D eigenvalue weighted by atomic mass is 9.92. The predicted octanol–water partition coefficient (Wildman–Crippen LogP) is 2.97. The topological polar surface area (TPSA) is 68.8 Å². The predicted molar refractivity (Wildman–Crippen MR) is 83.4 cm³/mol. The zero-order valence-corrected chi connectivity index (χ0v) is 13.7. The Kier molecular flexibility index (Phi) is 4.57. The molecule has 3 rings (SSSR count). The largest absolute Gasteiger partial charge is 0.338 e. The fourth-order valence-electron chi connectivity index (χ4n) is 3.21. The van der Waals surface area contributed by atoms with Crippen LogP contribution in [0.1, 0.15) is 75.1 Å². The zero-order chi connectivity index (χ0) is 15.5. The Morgan fingerprint density at radius 3 is 3.09 bits per heavy atom. The standard InChI is InChI=1S/C16H25N5O/c1-4-7-15-19-16(22-20-15)11(3)18-13-8-6-9-14-12(13)10-17-21(14)5-2/h10-11,13,18H,4-9H2,1-3H3/t11-,13-/m0/s1. The van der Waals surface area contributed by atoms with E-state index in [-0.39, 0.29) is 6.04 Å². The van der Waals surface area contributed by atoms with Gasteiger partial charge in [0.05, 0.1) is 12.2 Å². The summed E-state index contributed by atoms with van der Waals surface area (Å²) in [6.45, 7) is 7.27. The fourth-order valence-corrected chi connectivity index (χ4v) is 3.21. The average molecular weight is 303 g/mol. The molecule has 6 heteroatoms. The lowest BCUT2D eigenvalue weighted by Crippen LogP contribution is -2.28. The molecule has 1 N–H and O–H groups in total. The first-order valence-corrected chi connectivity index (χ1v) is 8.36. The molecule has 2 heterocycles. The first-order chi connectivity index (χ1) is 10.7. The maximum Gasteiger partial charge on any atom is 0.243 e. The first-order valence-electron chi connectivity index (χ1n) is 8.36. The maximum atomic E-state index is 5.39. The highest BCUT2D eigenvalue weighted by molar-refractivity contribution is 5.25. The van der Waals surface area contributed by atoms with Gasteiger partial charge < -0.3 is 4.52 Å². The molecule has 6 nitrogen and oxygen atoms in total. The van der Waals surface area contributed by atoms with Crippen LogP contribution in [0.15, 0.2) is 10.7 Å². The number of aryl methyl sites for hydroxylation is 2. The van der Waals surface area contributed by atoms with Crippen molar-refractivity contribution in [1.29, 1.82) is 0 Å². The van der Waals surface area contributed by atoms with E-state index in [9.17, 15) is 0 Å². The van der Waals surface area contributed by atoms with Crippen molar-refractivity contribution in [2.75, 3.05) is 0 Å². The van der Waals surface area contributed by atoms with Crippen LogP contribution in [0.25, 0.3) is 0 Å². The van der Waals surface area contributed by atoms with Crippen molar-refractivity contribution in [2.24, 2.45) is 0 Å². The third kappa shape index (κ3) is 2.92. The highest BCUT2D eigenvalue weighted by atomic mass is 16.5. The maximum absolute atomic E-state index is 5.39. The molecule has 0 saturated carbocycles. The lowest BCUT2D eigenvalue weighted by Gasteiger charge is -2.26. The van der Waals surface area contributed by atoms with Gasteiger partial charge in [0.2, 0.25) is 5.89 Å². The van der Waals surface area contributed by atoms with Crippen LogP contribution in [0, 0.1) is 0 Å². The van der Waals surface area contributed by atoms with E-state index >= 15 is 0 Å². The van der Waals surface area contributed by atoms with Gasteiger partial charge in [-0.25, -0.2) is 0 Å². The molecular formula is C16H25N5O. The van der Waals surface area contributed by atoms with Crippen LogP contribution >= 0.6 is 0 Å². The van der Waals surface area contributed by atoms with Crippen LogP contribution < -0.4 is 5.32 Å². The zero-order valence-electron chi connectivity index (χ0n) is 13.7. The van der Waals surface area contributed by atoms with E-state index < -0.39 is 0 Å². The summed E-state index contributed by atoms with van der Waals surface area (Å²) in [7, 11) is 0. The summed E-state index contributed by atoms with van der Waals surface area (Å²) in [4.78, 5) is 4.48. The van der Waals surface area contributed by atoms with Gasteiger partial charge in [0, 0.05) is 30.3 Å². The molecular weight excluding hydrogens is 278 g/mol. The van der Waals surface area contributed by atoms with Crippen molar-refractivity contribution < 1.29 is 4.52 Å². The molecule has 2 atom stereocenters. The summed E-state index contributed by atoms with van der Waals surface area (Å²) in [6, 6.07) is 0.375. The number of nitrogens with one attached hydrogen (secondary N) is 1. The van der Waals surface area contributed by atoms with Gasteiger partial charge >= 0.3 is 0 Å². The number of rotatable bonds is 6. The highest BCUT2D eigenvalue weighted by Crippen LogP contribution is 2.31. The minimum Gasteiger partial charge on any atom is -0.338 e. The molecule has 0 spiro atoms. The second kappa shape index (κ2) is 6.60. The second-order valence-corrected chi connectivity index (χ2v) is 5.99. The second-order valence-electron chi connectivity index (χ2n) is 5.99. The van der Waals surface area contributed by atoms with Crippen molar-refractivity contribution in [2.45, 2.75) is 71.5 Å². The highest BCUT2D eigenvalue weighted by Gasteiger charge is 2.26. The van der Waals surface area contributed by atoms with Crippen LogP contribution in [0.3, 0.4) is 0 Å². The summed E-state index contributed by atoms with van der Waals surface area (Å²) < 4.78 is 7.50. The van der Waals surface area contributed by atoms with Crippen LogP contribution in [0.5, 0.6) is 0 Å². The van der Waals surface area contributed by atoms with Gasteiger partial charge in [0.1, 0.15) is 0 Å². The van der Waals surface area contributed by atoms with Crippen molar-refractivity contribution in [3.05, 3.63) is 29.2 Å².